The van der Waals surface area contributed by atoms with Gasteiger partial charge in [0.15, 0.2) is 0 Å². The summed E-state index contributed by atoms with van der Waals surface area (Å²) < 4.78 is 14.2. The SMILES string of the molecule is OC[C@H]1[C@@H](c2ccc(-c3ccccc3F)cc2)[C@@H]2CN(Cc3ccncc3)CCCCN12. The predicted molar refractivity (Wildman–Crippen MR) is 125 cm³/mol. The van der Waals surface area contributed by atoms with Gasteiger partial charge < -0.3 is 5.11 Å². The molecule has 166 valence electrons. The zero-order valence-electron chi connectivity index (χ0n) is 18.3. The third kappa shape index (κ3) is 4.20. The number of fused-ring (bicyclic) bond motifs is 1. The van der Waals surface area contributed by atoms with E-state index in [9.17, 15) is 9.50 Å². The second-order valence-corrected chi connectivity index (χ2v) is 8.98. The molecular formula is C27H30FN3O. The molecule has 3 heterocycles. The minimum atomic E-state index is -0.199. The summed E-state index contributed by atoms with van der Waals surface area (Å²) in [5.41, 5.74) is 4.04. The lowest BCUT2D eigenvalue weighted by molar-refractivity contribution is -0.0655. The van der Waals surface area contributed by atoms with E-state index in [1.54, 1.807) is 6.07 Å². The van der Waals surface area contributed by atoms with Gasteiger partial charge in [0, 0.05) is 49.0 Å². The summed E-state index contributed by atoms with van der Waals surface area (Å²) in [6, 6.07) is 19.9. The van der Waals surface area contributed by atoms with Crippen LogP contribution in [0.4, 0.5) is 4.39 Å². The van der Waals surface area contributed by atoms with Gasteiger partial charge in [-0.25, -0.2) is 4.39 Å². The topological polar surface area (TPSA) is 39.6 Å². The lowest BCUT2D eigenvalue weighted by Gasteiger charge is -2.57. The number of aromatic nitrogens is 1. The zero-order valence-corrected chi connectivity index (χ0v) is 18.3. The number of benzene rings is 2. The van der Waals surface area contributed by atoms with Gasteiger partial charge in [0.2, 0.25) is 0 Å². The lowest BCUT2D eigenvalue weighted by atomic mass is 9.74. The van der Waals surface area contributed by atoms with Gasteiger partial charge in [0.1, 0.15) is 5.82 Å². The van der Waals surface area contributed by atoms with Gasteiger partial charge in [-0.1, -0.05) is 42.5 Å². The first-order valence-corrected chi connectivity index (χ1v) is 11.6. The number of nitrogens with zero attached hydrogens (tertiary/aromatic N) is 3. The highest BCUT2D eigenvalue weighted by Gasteiger charge is 2.49. The fourth-order valence-electron chi connectivity index (χ4n) is 5.48. The van der Waals surface area contributed by atoms with Crippen LogP contribution in [0.1, 0.15) is 29.9 Å². The van der Waals surface area contributed by atoms with Crippen molar-refractivity contribution in [1.29, 1.82) is 0 Å². The quantitative estimate of drug-likeness (QED) is 0.653. The van der Waals surface area contributed by atoms with Crippen molar-refractivity contribution >= 4 is 0 Å². The number of hydrogen-bond donors (Lipinski definition) is 1. The van der Waals surface area contributed by atoms with E-state index < -0.39 is 0 Å². The highest BCUT2D eigenvalue weighted by atomic mass is 19.1. The molecule has 4 nitrogen and oxygen atoms in total. The molecule has 5 heteroatoms. The number of rotatable bonds is 5. The smallest absolute Gasteiger partial charge is 0.131 e. The largest absolute Gasteiger partial charge is 0.395 e. The molecule has 0 unspecified atom stereocenters. The fraction of sp³-hybridized carbons (Fsp3) is 0.370. The molecule has 5 rings (SSSR count). The highest BCUT2D eigenvalue weighted by Crippen LogP contribution is 2.42. The summed E-state index contributed by atoms with van der Waals surface area (Å²) in [6.07, 6.45) is 6.04. The first kappa shape index (κ1) is 21.3. The van der Waals surface area contributed by atoms with Crippen LogP contribution in [0.15, 0.2) is 73.1 Å². The van der Waals surface area contributed by atoms with E-state index in [-0.39, 0.29) is 24.4 Å². The van der Waals surface area contributed by atoms with Crippen LogP contribution in [0.25, 0.3) is 11.1 Å². The van der Waals surface area contributed by atoms with E-state index in [1.165, 1.54) is 23.6 Å². The molecule has 3 atom stereocenters. The molecule has 2 aromatic carbocycles. The molecule has 0 bridgehead atoms. The van der Waals surface area contributed by atoms with Gasteiger partial charge in [-0.2, -0.15) is 0 Å². The van der Waals surface area contributed by atoms with Crippen LogP contribution in [0, 0.1) is 5.82 Å². The summed E-state index contributed by atoms with van der Waals surface area (Å²) >= 11 is 0. The molecule has 2 aliphatic rings. The Balaban J connectivity index is 1.37. The summed E-state index contributed by atoms with van der Waals surface area (Å²) in [5.74, 6) is 0.0859. The van der Waals surface area contributed by atoms with E-state index in [4.69, 9.17) is 0 Å². The maximum absolute atomic E-state index is 14.2. The molecule has 0 amide bonds. The Hall–Kier alpha value is -2.60. The Bertz CT molecular complexity index is 1030. The third-order valence-electron chi connectivity index (χ3n) is 7.09. The van der Waals surface area contributed by atoms with Gasteiger partial charge in [-0.05, 0) is 60.8 Å². The molecule has 2 saturated heterocycles. The molecule has 1 N–H and O–H groups in total. The maximum Gasteiger partial charge on any atom is 0.131 e. The average molecular weight is 432 g/mol. The lowest BCUT2D eigenvalue weighted by Crippen LogP contribution is -2.67. The van der Waals surface area contributed by atoms with Crippen molar-refractivity contribution in [2.24, 2.45) is 0 Å². The molecule has 0 radical (unpaired) electrons. The van der Waals surface area contributed by atoms with Crippen molar-refractivity contribution in [2.75, 3.05) is 26.2 Å². The summed E-state index contributed by atoms with van der Waals surface area (Å²) in [5, 5.41) is 10.2. The zero-order chi connectivity index (χ0) is 21.9. The van der Waals surface area contributed by atoms with Crippen LogP contribution in [0.2, 0.25) is 0 Å². The number of aliphatic hydroxyl groups is 1. The van der Waals surface area contributed by atoms with Gasteiger partial charge in [-0.15, -0.1) is 0 Å². The van der Waals surface area contributed by atoms with Crippen molar-refractivity contribution in [3.8, 4) is 11.1 Å². The molecule has 32 heavy (non-hydrogen) atoms. The molecule has 0 aliphatic carbocycles. The second-order valence-electron chi connectivity index (χ2n) is 8.98. The standard InChI is InChI=1S/C27H30FN3O/c28-24-6-2-1-5-23(24)21-7-9-22(10-8-21)27-25-18-30(17-20-11-13-29-14-12-20)15-3-4-16-31(25)26(27)19-32/h1-2,5-14,25-27,32H,3-4,15-19H2/t25-,26-,27-/m0/s1. The van der Waals surface area contributed by atoms with Gasteiger partial charge in [0.05, 0.1) is 6.61 Å². The van der Waals surface area contributed by atoms with Crippen molar-refractivity contribution in [3.63, 3.8) is 0 Å². The van der Waals surface area contributed by atoms with Crippen LogP contribution < -0.4 is 0 Å². The Morgan fingerprint density at radius 1 is 0.938 bits per heavy atom. The van der Waals surface area contributed by atoms with E-state index in [0.29, 0.717) is 11.6 Å². The fourth-order valence-corrected chi connectivity index (χ4v) is 5.48. The molecule has 0 saturated carbocycles. The Kier molecular flexibility index (Phi) is 6.30. The van der Waals surface area contributed by atoms with Crippen molar-refractivity contribution in [2.45, 2.75) is 37.4 Å². The normalized spacial score (nSPS) is 24.2. The summed E-state index contributed by atoms with van der Waals surface area (Å²) in [7, 11) is 0. The first-order chi connectivity index (χ1) is 15.7. The summed E-state index contributed by atoms with van der Waals surface area (Å²) in [6.45, 7) is 4.22. The van der Waals surface area contributed by atoms with Crippen LogP contribution in [0.3, 0.4) is 0 Å². The van der Waals surface area contributed by atoms with Crippen molar-refractivity contribution in [1.82, 2.24) is 14.8 Å². The van der Waals surface area contributed by atoms with Crippen LogP contribution >= 0.6 is 0 Å². The third-order valence-corrected chi connectivity index (χ3v) is 7.09. The van der Waals surface area contributed by atoms with Gasteiger partial charge >= 0.3 is 0 Å². The Morgan fingerprint density at radius 3 is 2.44 bits per heavy atom. The molecule has 1 aromatic heterocycles. The highest BCUT2D eigenvalue weighted by molar-refractivity contribution is 5.64. The van der Waals surface area contributed by atoms with Gasteiger partial charge in [0.25, 0.3) is 0 Å². The molecule has 2 fully saturated rings. The summed E-state index contributed by atoms with van der Waals surface area (Å²) in [4.78, 5) is 9.18. The molecule has 2 aliphatic heterocycles. The monoisotopic (exact) mass is 431 g/mol. The minimum absolute atomic E-state index is 0.153. The molecule has 3 aromatic rings. The number of hydrogen-bond acceptors (Lipinski definition) is 4. The van der Waals surface area contributed by atoms with E-state index in [0.717, 1.165) is 38.2 Å². The number of halogens is 1. The minimum Gasteiger partial charge on any atom is -0.395 e. The van der Waals surface area contributed by atoms with Crippen LogP contribution in [0.5, 0.6) is 0 Å². The molecular weight excluding hydrogens is 401 g/mol. The maximum atomic E-state index is 14.2. The van der Waals surface area contributed by atoms with Gasteiger partial charge in [-0.3, -0.25) is 14.8 Å². The van der Waals surface area contributed by atoms with E-state index in [1.807, 2.05) is 36.7 Å². The predicted octanol–water partition coefficient (Wildman–Crippen LogP) is 4.31. The Morgan fingerprint density at radius 2 is 1.69 bits per heavy atom. The van der Waals surface area contributed by atoms with Crippen molar-refractivity contribution in [3.05, 3.63) is 90.0 Å². The molecule has 0 spiro atoms. The van der Waals surface area contributed by atoms with Crippen LogP contribution in [-0.4, -0.2) is 58.2 Å². The average Bonchev–Trinajstić information content (AvgIpc) is 2.81. The van der Waals surface area contributed by atoms with Crippen molar-refractivity contribution < 1.29 is 9.50 Å². The van der Waals surface area contributed by atoms with E-state index in [2.05, 4.69) is 39.0 Å². The second kappa shape index (κ2) is 9.49. The number of pyridine rings is 1. The Labute approximate surface area is 189 Å². The number of aliphatic hydroxyl groups excluding tert-OH is 1. The van der Waals surface area contributed by atoms with Crippen LogP contribution in [-0.2, 0) is 6.54 Å². The first-order valence-electron chi connectivity index (χ1n) is 11.6. The van der Waals surface area contributed by atoms with E-state index >= 15 is 0 Å².